The van der Waals surface area contributed by atoms with E-state index in [2.05, 4.69) is 0 Å². The van der Waals surface area contributed by atoms with Crippen molar-refractivity contribution in [2.45, 2.75) is 12.3 Å². The Labute approximate surface area is 83.3 Å². The van der Waals surface area contributed by atoms with Crippen LogP contribution in [0.3, 0.4) is 0 Å². The van der Waals surface area contributed by atoms with Gasteiger partial charge in [-0.15, -0.1) is 0 Å². The molecule has 0 heterocycles. The average Bonchev–Trinajstić information content (AvgIpc) is 2.18. The van der Waals surface area contributed by atoms with E-state index in [-0.39, 0.29) is 12.3 Å². The van der Waals surface area contributed by atoms with Gasteiger partial charge in [0.1, 0.15) is 0 Å². The summed E-state index contributed by atoms with van der Waals surface area (Å²) < 4.78 is 5.00. The minimum absolute atomic E-state index is 0.0568. The third-order valence-corrected chi connectivity index (χ3v) is 2.06. The molecule has 0 aromatic heterocycles. The molecule has 0 spiro atoms. The Morgan fingerprint density at radius 2 is 2.07 bits per heavy atom. The van der Waals surface area contributed by atoms with Gasteiger partial charge < -0.3 is 9.84 Å². The fraction of sp³-hybridized carbons (Fsp3) is 0.364. The predicted molar refractivity (Wildman–Crippen MR) is 53.3 cm³/mol. The van der Waals surface area contributed by atoms with E-state index in [1.54, 1.807) is 7.11 Å². The van der Waals surface area contributed by atoms with E-state index in [9.17, 15) is 4.79 Å². The number of carboxylic acid groups (broad SMARTS) is 1. The number of methoxy groups -OCH3 is 1. The zero-order chi connectivity index (χ0) is 10.4. The highest BCUT2D eigenvalue weighted by Gasteiger charge is 2.14. The van der Waals surface area contributed by atoms with Crippen LogP contribution < -0.4 is 0 Å². The molecule has 1 atom stereocenters. The molecule has 76 valence electrons. The second-order valence-corrected chi connectivity index (χ2v) is 3.16. The van der Waals surface area contributed by atoms with Crippen LogP contribution in [0, 0.1) is 0 Å². The highest BCUT2D eigenvalue weighted by molar-refractivity contribution is 5.68. The molecule has 0 saturated carbocycles. The van der Waals surface area contributed by atoms with Gasteiger partial charge in [0.05, 0.1) is 13.0 Å². The van der Waals surface area contributed by atoms with Crippen molar-refractivity contribution in [1.82, 2.24) is 0 Å². The first-order valence-corrected chi connectivity index (χ1v) is 4.49. The van der Waals surface area contributed by atoms with E-state index >= 15 is 0 Å². The standard InChI is InChI=1S/C11H14O3/c1-14-8-10(7-11(12)13)9-5-3-2-4-6-9/h2-6,10H,7-8H2,1H3,(H,12,13). The van der Waals surface area contributed by atoms with Crippen molar-refractivity contribution < 1.29 is 14.6 Å². The number of carboxylic acids is 1. The van der Waals surface area contributed by atoms with Crippen LogP contribution in [0.5, 0.6) is 0 Å². The van der Waals surface area contributed by atoms with E-state index in [4.69, 9.17) is 9.84 Å². The monoisotopic (exact) mass is 194 g/mol. The molecular formula is C11H14O3. The summed E-state index contributed by atoms with van der Waals surface area (Å²) in [5.41, 5.74) is 1.01. The van der Waals surface area contributed by atoms with Gasteiger partial charge in [-0.05, 0) is 5.56 Å². The summed E-state index contributed by atoms with van der Waals surface area (Å²) in [6.07, 6.45) is 0.109. The van der Waals surface area contributed by atoms with Crippen molar-refractivity contribution in [2.75, 3.05) is 13.7 Å². The SMILES string of the molecule is COCC(CC(=O)O)c1ccccc1. The number of rotatable bonds is 5. The Hall–Kier alpha value is -1.35. The lowest BCUT2D eigenvalue weighted by Crippen LogP contribution is -2.11. The van der Waals surface area contributed by atoms with Crippen molar-refractivity contribution in [1.29, 1.82) is 0 Å². The molecule has 1 N–H and O–H groups in total. The number of hydrogen-bond acceptors (Lipinski definition) is 2. The molecule has 3 nitrogen and oxygen atoms in total. The van der Waals surface area contributed by atoms with E-state index in [1.165, 1.54) is 0 Å². The number of ether oxygens (including phenoxy) is 1. The Bertz CT molecular complexity index is 282. The maximum absolute atomic E-state index is 10.6. The summed E-state index contributed by atoms with van der Waals surface area (Å²) in [6, 6.07) is 9.56. The van der Waals surface area contributed by atoms with Crippen LogP contribution in [0.1, 0.15) is 17.9 Å². The molecule has 1 aromatic carbocycles. The quantitative estimate of drug-likeness (QED) is 0.778. The van der Waals surface area contributed by atoms with Crippen LogP contribution in [0.15, 0.2) is 30.3 Å². The third kappa shape index (κ3) is 3.18. The van der Waals surface area contributed by atoms with Crippen LogP contribution in [-0.4, -0.2) is 24.8 Å². The molecule has 0 aliphatic heterocycles. The largest absolute Gasteiger partial charge is 0.481 e. The maximum atomic E-state index is 10.6. The minimum atomic E-state index is -0.795. The second kappa shape index (κ2) is 5.40. The smallest absolute Gasteiger partial charge is 0.304 e. The van der Waals surface area contributed by atoms with Crippen LogP contribution in [-0.2, 0) is 9.53 Å². The summed E-state index contributed by atoms with van der Waals surface area (Å²) in [5.74, 6) is -0.852. The first-order chi connectivity index (χ1) is 6.74. The Kier molecular flexibility index (Phi) is 4.13. The zero-order valence-electron chi connectivity index (χ0n) is 8.14. The Balaban J connectivity index is 2.72. The van der Waals surface area contributed by atoms with Crippen molar-refractivity contribution in [3.63, 3.8) is 0 Å². The highest BCUT2D eigenvalue weighted by Crippen LogP contribution is 2.19. The lowest BCUT2D eigenvalue weighted by Gasteiger charge is -2.13. The lowest BCUT2D eigenvalue weighted by molar-refractivity contribution is -0.137. The van der Waals surface area contributed by atoms with Crippen molar-refractivity contribution >= 4 is 5.97 Å². The Morgan fingerprint density at radius 3 is 2.57 bits per heavy atom. The second-order valence-electron chi connectivity index (χ2n) is 3.16. The number of hydrogen-bond donors (Lipinski definition) is 1. The average molecular weight is 194 g/mol. The van der Waals surface area contributed by atoms with E-state index in [0.717, 1.165) is 5.56 Å². The molecule has 0 amide bonds. The predicted octanol–water partition coefficient (Wildman–Crippen LogP) is 1.89. The molecule has 1 unspecified atom stereocenters. The zero-order valence-corrected chi connectivity index (χ0v) is 8.14. The van der Waals surface area contributed by atoms with Gasteiger partial charge in [0.15, 0.2) is 0 Å². The van der Waals surface area contributed by atoms with E-state index in [0.29, 0.717) is 6.61 Å². The number of aliphatic carboxylic acids is 1. The molecule has 0 saturated heterocycles. The molecule has 14 heavy (non-hydrogen) atoms. The summed E-state index contributed by atoms with van der Waals surface area (Å²) in [4.78, 5) is 10.6. The molecule has 0 bridgehead atoms. The molecule has 3 heteroatoms. The summed E-state index contributed by atoms with van der Waals surface area (Å²) in [5, 5.41) is 8.72. The normalized spacial score (nSPS) is 12.4. The van der Waals surface area contributed by atoms with Gasteiger partial charge >= 0.3 is 5.97 Å². The lowest BCUT2D eigenvalue weighted by atomic mass is 9.97. The van der Waals surface area contributed by atoms with Crippen molar-refractivity contribution in [3.05, 3.63) is 35.9 Å². The first kappa shape index (κ1) is 10.7. The fourth-order valence-corrected chi connectivity index (χ4v) is 1.41. The van der Waals surface area contributed by atoms with Crippen LogP contribution >= 0.6 is 0 Å². The summed E-state index contributed by atoms with van der Waals surface area (Å²) in [6.45, 7) is 0.441. The first-order valence-electron chi connectivity index (χ1n) is 4.49. The Morgan fingerprint density at radius 1 is 1.43 bits per heavy atom. The van der Waals surface area contributed by atoms with Gasteiger partial charge in [-0.25, -0.2) is 0 Å². The molecule has 0 radical (unpaired) electrons. The number of carbonyl (C=O) groups is 1. The highest BCUT2D eigenvalue weighted by atomic mass is 16.5. The minimum Gasteiger partial charge on any atom is -0.481 e. The van der Waals surface area contributed by atoms with Gasteiger partial charge in [0.25, 0.3) is 0 Å². The van der Waals surface area contributed by atoms with Crippen molar-refractivity contribution in [3.8, 4) is 0 Å². The maximum Gasteiger partial charge on any atom is 0.304 e. The third-order valence-electron chi connectivity index (χ3n) is 2.06. The molecule has 1 aromatic rings. The molecule has 1 rings (SSSR count). The fourth-order valence-electron chi connectivity index (χ4n) is 1.41. The van der Waals surface area contributed by atoms with Gasteiger partial charge in [0, 0.05) is 13.0 Å². The van der Waals surface area contributed by atoms with Gasteiger partial charge in [-0.2, -0.15) is 0 Å². The topological polar surface area (TPSA) is 46.5 Å². The van der Waals surface area contributed by atoms with Gasteiger partial charge in [0.2, 0.25) is 0 Å². The van der Waals surface area contributed by atoms with Crippen molar-refractivity contribution in [2.24, 2.45) is 0 Å². The van der Waals surface area contributed by atoms with Crippen LogP contribution in [0.2, 0.25) is 0 Å². The van der Waals surface area contributed by atoms with Crippen LogP contribution in [0.4, 0.5) is 0 Å². The number of benzene rings is 1. The molecule has 0 aliphatic rings. The summed E-state index contributed by atoms with van der Waals surface area (Å²) in [7, 11) is 1.58. The van der Waals surface area contributed by atoms with E-state index in [1.807, 2.05) is 30.3 Å². The molecule has 0 fully saturated rings. The van der Waals surface area contributed by atoms with Gasteiger partial charge in [-0.1, -0.05) is 30.3 Å². The molecule has 0 aliphatic carbocycles. The molecular weight excluding hydrogens is 180 g/mol. The summed E-state index contributed by atoms with van der Waals surface area (Å²) >= 11 is 0. The van der Waals surface area contributed by atoms with Gasteiger partial charge in [-0.3, -0.25) is 4.79 Å². The van der Waals surface area contributed by atoms with E-state index < -0.39 is 5.97 Å². The van der Waals surface area contributed by atoms with Crippen LogP contribution in [0.25, 0.3) is 0 Å².